The number of thiophene rings is 1. The van der Waals surface area contributed by atoms with Gasteiger partial charge in [-0.25, -0.2) is 13.4 Å². The summed E-state index contributed by atoms with van der Waals surface area (Å²) >= 11 is 2.64. The van der Waals surface area contributed by atoms with Crippen molar-refractivity contribution in [2.75, 3.05) is 7.05 Å². The van der Waals surface area contributed by atoms with Gasteiger partial charge in [0.25, 0.3) is 10.0 Å². The molecular formula is C10H13N3O2S3. The molecule has 8 heteroatoms. The van der Waals surface area contributed by atoms with E-state index in [1.54, 1.807) is 24.0 Å². The lowest BCUT2D eigenvalue weighted by atomic mass is 10.4. The quantitative estimate of drug-likeness (QED) is 0.908. The molecule has 18 heavy (non-hydrogen) atoms. The summed E-state index contributed by atoms with van der Waals surface area (Å²) < 4.78 is 26.1. The largest absolute Gasteiger partial charge is 0.326 e. The van der Waals surface area contributed by atoms with E-state index in [1.165, 1.54) is 27.0 Å². The molecule has 0 aliphatic carbocycles. The van der Waals surface area contributed by atoms with E-state index in [2.05, 4.69) is 4.98 Å². The molecule has 0 spiro atoms. The van der Waals surface area contributed by atoms with E-state index in [1.807, 2.05) is 5.38 Å². The highest BCUT2D eigenvalue weighted by Gasteiger charge is 2.23. The lowest BCUT2D eigenvalue weighted by Crippen LogP contribution is -2.25. The summed E-state index contributed by atoms with van der Waals surface area (Å²) in [4.78, 5) is 4.08. The van der Waals surface area contributed by atoms with Crippen LogP contribution in [0, 0.1) is 0 Å². The molecule has 0 aliphatic rings. The Morgan fingerprint density at radius 1 is 1.44 bits per heavy atom. The number of rotatable bonds is 5. The van der Waals surface area contributed by atoms with E-state index in [-0.39, 0.29) is 6.54 Å². The van der Waals surface area contributed by atoms with Crippen molar-refractivity contribution in [3.05, 3.63) is 33.6 Å². The zero-order valence-corrected chi connectivity index (χ0v) is 12.2. The van der Waals surface area contributed by atoms with Gasteiger partial charge < -0.3 is 5.73 Å². The molecule has 0 saturated heterocycles. The monoisotopic (exact) mass is 303 g/mol. The van der Waals surface area contributed by atoms with Crippen molar-refractivity contribution in [2.24, 2.45) is 5.73 Å². The smallest absolute Gasteiger partial charge is 0.252 e. The SMILES string of the molecule is CN(Cc1cscn1)S(=O)(=O)c1cc(CN)cs1. The zero-order valence-electron chi connectivity index (χ0n) is 9.74. The number of thiazole rings is 1. The maximum absolute atomic E-state index is 12.3. The van der Waals surface area contributed by atoms with Gasteiger partial charge in [-0.15, -0.1) is 22.7 Å². The van der Waals surface area contributed by atoms with Gasteiger partial charge >= 0.3 is 0 Å². The van der Waals surface area contributed by atoms with E-state index >= 15 is 0 Å². The van der Waals surface area contributed by atoms with Crippen molar-refractivity contribution in [3.8, 4) is 0 Å². The molecule has 0 amide bonds. The minimum atomic E-state index is -3.44. The summed E-state index contributed by atoms with van der Waals surface area (Å²) in [5.74, 6) is 0. The molecular weight excluding hydrogens is 290 g/mol. The molecule has 0 fully saturated rings. The highest BCUT2D eigenvalue weighted by Crippen LogP contribution is 2.24. The van der Waals surface area contributed by atoms with Crippen molar-refractivity contribution in [2.45, 2.75) is 17.3 Å². The Kier molecular flexibility index (Phi) is 4.13. The van der Waals surface area contributed by atoms with E-state index < -0.39 is 10.0 Å². The number of nitrogens with zero attached hydrogens (tertiary/aromatic N) is 2. The molecule has 2 aromatic heterocycles. The average molecular weight is 303 g/mol. The van der Waals surface area contributed by atoms with Crippen molar-refractivity contribution in [3.63, 3.8) is 0 Å². The number of aromatic nitrogens is 1. The molecule has 0 saturated carbocycles. The topological polar surface area (TPSA) is 76.3 Å². The Bertz CT molecular complexity index is 604. The number of hydrogen-bond acceptors (Lipinski definition) is 6. The second kappa shape index (κ2) is 5.45. The van der Waals surface area contributed by atoms with Crippen LogP contribution in [0.2, 0.25) is 0 Å². The summed E-state index contributed by atoms with van der Waals surface area (Å²) in [6.45, 7) is 0.628. The Balaban J connectivity index is 2.19. The van der Waals surface area contributed by atoms with Crippen LogP contribution in [0.1, 0.15) is 11.3 Å². The van der Waals surface area contributed by atoms with Gasteiger partial charge in [0, 0.05) is 19.0 Å². The fourth-order valence-corrected chi connectivity index (χ4v) is 4.50. The standard InChI is InChI=1S/C10H13N3O2S3/c1-13(4-9-6-16-7-12-9)18(14,15)10-2-8(3-11)5-17-10/h2,5-7H,3-4,11H2,1H3. The lowest BCUT2D eigenvalue weighted by molar-refractivity contribution is 0.464. The Morgan fingerprint density at radius 3 is 2.78 bits per heavy atom. The molecule has 2 rings (SSSR count). The van der Waals surface area contributed by atoms with Gasteiger partial charge in [-0.2, -0.15) is 4.31 Å². The Morgan fingerprint density at radius 2 is 2.22 bits per heavy atom. The van der Waals surface area contributed by atoms with Gasteiger partial charge in [-0.3, -0.25) is 0 Å². The first-order valence-corrected chi connectivity index (χ1v) is 8.41. The van der Waals surface area contributed by atoms with Crippen LogP contribution in [0.25, 0.3) is 0 Å². The van der Waals surface area contributed by atoms with Crippen LogP contribution in [-0.2, 0) is 23.1 Å². The first-order valence-electron chi connectivity index (χ1n) is 5.15. The Hall–Kier alpha value is -0.800. The van der Waals surface area contributed by atoms with Gasteiger partial charge in [0.15, 0.2) is 0 Å². The third-order valence-corrected chi connectivity index (χ3v) is 6.30. The summed E-state index contributed by atoms with van der Waals surface area (Å²) in [6, 6.07) is 1.62. The normalized spacial score (nSPS) is 12.2. The predicted octanol–water partition coefficient (Wildman–Crippen LogP) is 1.48. The second-order valence-electron chi connectivity index (χ2n) is 3.72. The van der Waals surface area contributed by atoms with Gasteiger partial charge in [0.1, 0.15) is 4.21 Å². The highest BCUT2D eigenvalue weighted by molar-refractivity contribution is 7.91. The average Bonchev–Trinajstić information content (AvgIpc) is 2.99. The van der Waals surface area contributed by atoms with Gasteiger partial charge in [0.2, 0.25) is 0 Å². The van der Waals surface area contributed by atoms with Crippen LogP contribution in [0.4, 0.5) is 0 Å². The summed E-state index contributed by atoms with van der Waals surface area (Å²) in [5, 5.41) is 3.61. The molecule has 0 radical (unpaired) electrons. The molecule has 5 nitrogen and oxygen atoms in total. The summed E-state index contributed by atoms with van der Waals surface area (Å²) in [7, 11) is -1.89. The fourth-order valence-electron chi connectivity index (χ4n) is 1.38. The first kappa shape index (κ1) is 13.6. The van der Waals surface area contributed by atoms with Crippen molar-refractivity contribution in [1.29, 1.82) is 0 Å². The molecule has 0 bridgehead atoms. The van der Waals surface area contributed by atoms with Crippen LogP contribution in [0.15, 0.2) is 26.5 Å². The van der Waals surface area contributed by atoms with E-state index in [9.17, 15) is 8.42 Å². The third kappa shape index (κ3) is 2.78. The van der Waals surface area contributed by atoms with Crippen LogP contribution in [-0.4, -0.2) is 24.8 Å². The van der Waals surface area contributed by atoms with E-state index in [4.69, 9.17) is 5.73 Å². The van der Waals surface area contributed by atoms with Crippen LogP contribution in [0.3, 0.4) is 0 Å². The van der Waals surface area contributed by atoms with Crippen molar-refractivity contribution in [1.82, 2.24) is 9.29 Å². The minimum absolute atomic E-state index is 0.279. The molecule has 0 aromatic carbocycles. The van der Waals surface area contributed by atoms with Gasteiger partial charge in [-0.1, -0.05) is 0 Å². The molecule has 2 heterocycles. The number of nitrogens with two attached hydrogens (primary N) is 1. The molecule has 2 N–H and O–H groups in total. The fraction of sp³-hybridized carbons (Fsp3) is 0.300. The van der Waals surface area contributed by atoms with E-state index in [0.717, 1.165) is 11.3 Å². The maximum atomic E-state index is 12.3. The Labute approximate surface area is 114 Å². The van der Waals surface area contributed by atoms with Gasteiger partial charge in [0.05, 0.1) is 17.7 Å². The van der Waals surface area contributed by atoms with E-state index in [0.29, 0.717) is 10.8 Å². The molecule has 2 aromatic rings. The zero-order chi connectivity index (χ0) is 13.2. The predicted molar refractivity (Wildman–Crippen MR) is 73.0 cm³/mol. The maximum Gasteiger partial charge on any atom is 0.252 e. The number of sulfonamides is 1. The summed E-state index contributed by atoms with van der Waals surface area (Å²) in [6.07, 6.45) is 0. The highest BCUT2D eigenvalue weighted by atomic mass is 32.2. The third-order valence-electron chi connectivity index (χ3n) is 2.40. The van der Waals surface area contributed by atoms with Crippen LogP contribution >= 0.6 is 22.7 Å². The van der Waals surface area contributed by atoms with Crippen LogP contribution in [0.5, 0.6) is 0 Å². The first-order chi connectivity index (χ1) is 8.54. The second-order valence-corrected chi connectivity index (χ2v) is 7.62. The lowest BCUT2D eigenvalue weighted by Gasteiger charge is -2.14. The van der Waals surface area contributed by atoms with Crippen molar-refractivity contribution < 1.29 is 8.42 Å². The summed E-state index contributed by atoms with van der Waals surface area (Å²) in [5.41, 5.74) is 8.76. The number of hydrogen-bond donors (Lipinski definition) is 1. The molecule has 98 valence electrons. The molecule has 0 unspecified atom stereocenters. The van der Waals surface area contributed by atoms with Crippen LogP contribution < -0.4 is 5.73 Å². The van der Waals surface area contributed by atoms with Crippen molar-refractivity contribution >= 4 is 32.7 Å². The van der Waals surface area contributed by atoms with Gasteiger partial charge in [-0.05, 0) is 17.0 Å². The minimum Gasteiger partial charge on any atom is -0.326 e. The molecule has 0 atom stereocenters. The molecule has 0 aliphatic heterocycles.